The van der Waals surface area contributed by atoms with Crippen LogP contribution in [-0.2, 0) is 14.6 Å². The van der Waals surface area contributed by atoms with Gasteiger partial charge in [-0.05, 0) is 27.7 Å². The van der Waals surface area contributed by atoms with E-state index in [4.69, 9.17) is 4.74 Å². The van der Waals surface area contributed by atoms with E-state index in [2.05, 4.69) is 15.6 Å². The minimum Gasteiger partial charge on any atom is -0.444 e. The number of hydrogen-bond acceptors (Lipinski definition) is 5. The van der Waals surface area contributed by atoms with Gasteiger partial charge in [0.15, 0.2) is 15.8 Å². The Morgan fingerprint density at radius 1 is 1.29 bits per heavy atom. The second kappa shape index (κ2) is 8.55. The highest BCUT2D eigenvalue weighted by molar-refractivity contribution is 7.91. The van der Waals surface area contributed by atoms with Crippen molar-refractivity contribution in [3.63, 3.8) is 0 Å². The smallest absolute Gasteiger partial charge is 0.410 e. The number of guanidine groups is 1. The zero-order valence-corrected chi connectivity index (χ0v) is 16.1. The predicted molar refractivity (Wildman–Crippen MR) is 95.0 cm³/mol. The fourth-order valence-corrected chi connectivity index (χ4v) is 2.66. The highest BCUT2D eigenvalue weighted by atomic mass is 32.2. The van der Waals surface area contributed by atoms with Crippen molar-refractivity contribution >= 4 is 21.9 Å². The summed E-state index contributed by atoms with van der Waals surface area (Å²) in [6.45, 7) is 11.0. The van der Waals surface area contributed by atoms with Gasteiger partial charge in [-0.25, -0.2) is 13.2 Å². The lowest BCUT2D eigenvalue weighted by Crippen LogP contribution is -2.63. The van der Waals surface area contributed by atoms with Gasteiger partial charge in [-0.1, -0.05) is 6.92 Å². The maximum Gasteiger partial charge on any atom is 0.410 e. The first-order valence-corrected chi connectivity index (χ1v) is 10.1. The average Bonchev–Trinajstić information content (AvgIpc) is 2.39. The molecule has 0 spiro atoms. The largest absolute Gasteiger partial charge is 0.444 e. The molecule has 0 atom stereocenters. The number of aliphatic imine (C=N–C) groups is 1. The molecular formula is C15H30N4O4S. The van der Waals surface area contributed by atoms with Crippen LogP contribution in [0, 0.1) is 0 Å². The van der Waals surface area contributed by atoms with Crippen LogP contribution < -0.4 is 10.6 Å². The Morgan fingerprint density at radius 3 is 2.42 bits per heavy atom. The van der Waals surface area contributed by atoms with Gasteiger partial charge in [-0.15, -0.1) is 0 Å². The number of carbonyl (C=O) groups is 1. The Balaban J connectivity index is 2.44. The topological polar surface area (TPSA) is 100 Å². The number of carbonyl (C=O) groups excluding carboxylic acids is 1. The van der Waals surface area contributed by atoms with Crippen molar-refractivity contribution in [1.29, 1.82) is 0 Å². The van der Waals surface area contributed by atoms with Crippen molar-refractivity contribution < 1.29 is 17.9 Å². The fourth-order valence-electron chi connectivity index (χ4n) is 2.00. The van der Waals surface area contributed by atoms with Crippen LogP contribution in [-0.4, -0.2) is 74.7 Å². The number of nitrogens with zero attached hydrogens (tertiary/aromatic N) is 2. The zero-order chi connectivity index (χ0) is 18.4. The van der Waals surface area contributed by atoms with Gasteiger partial charge in [0.2, 0.25) is 0 Å². The van der Waals surface area contributed by atoms with E-state index in [1.807, 2.05) is 27.7 Å². The molecule has 0 radical (unpaired) electrons. The third-order valence-electron chi connectivity index (χ3n) is 3.33. The van der Waals surface area contributed by atoms with Crippen LogP contribution >= 0.6 is 0 Å². The molecule has 1 saturated heterocycles. The maximum absolute atomic E-state index is 11.9. The molecule has 2 N–H and O–H groups in total. The van der Waals surface area contributed by atoms with Crippen molar-refractivity contribution in [2.24, 2.45) is 4.99 Å². The average molecular weight is 362 g/mol. The van der Waals surface area contributed by atoms with Crippen LogP contribution in [0.1, 0.15) is 34.6 Å². The monoisotopic (exact) mass is 362 g/mol. The molecule has 140 valence electrons. The molecule has 0 bridgehead atoms. The Hall–Kier alpha value is -1.51. The van der Waals surface area contributed by atoms with Gasteiger partial charge in [0.05, 0.1) is 18.3 Å². The highest BCUT2D eigenvalue weighted by Crippen LogP contribution is 2.15. The summed E-state index contributed by atoms with van der Waals surface area (Å²) in [5.74, 6) is 0.729. The first-order valence-electron chi connectivity index (χ1n) is 8.29. The van der Waals surface area contributed by atoms with Gasteiger partial charge in [0.1, 0.15) is 5.60 Å². The lowest BCUT2D eigenvalue weighted by molar-refractivity contribution is 0.00700. The van der Waals surface area contributed by atoms with Crippen molar-refractivity contribution in [3.05, 3.63) is 0 Å². The number of rotatable bonds is 6. The quantitative estimate of drug-likeness (QED) is 0.530. The van der Waals surface area contributed by atoms with Gasteiger partial charge < -0.3 is 20.3 Å². The summed E-state index contributed by atoms with van der Waals surface area (Å²) in [7, 11) is -3.02. The Kier molecular flexibility index (Phi) is 7.31. The number of sulfone groups is 1. The van der Waals surface area contributed by atoms with Crippen LogP contribution in [0.4, 0.5) is 4.79 Å². The Bertz CT molecular complexity index is 548. The summed E-state index contributed by atoms with van der Waals surface area (Å²) in [4.78, 5) is 17.8. The summed E-state index contributed by atoms with van der Waals surface area (Å²) in [5.41, 5.74) is -0.503. The first kappa shape index (κ1) is 20.5. The normalized spacial score (nSPS) is 16.5. The van der Waals surface area contributed by atoms with Crippen LogP contribution in [0.25, 0.3) is 0 Å². The van der Waals surface area contributed by atoms with Crippen molar-refractivity contribution in [2.75, 3.05) is 37.7 Å². The molecule has 1 amide bonds. The molecule has 0 saturated carbocycles. The summed E-state index contributed by atoms with van der Waals surface area (Å²) >= 11 is 0. The van der Waals surface area contributed by atoms with E-state index < -0.39 is 15.4 Å². The van der Waals surface area contributed by atoms with E-state index >= 15 is 0 Å². The molecular weight excluding hydrogens is 332 g/mol. The molecule has 1 aliphatic rings. The molecule has 1 heterocycles. The Morgan fingerprint density at radius 2 is 1.92 bits per heavy atom. The molecule has 8 nitrogen and oxygen atoms in total. The molecule has 0 aliphatic carbocycles. The van der Waals surface area contributed by atoms with Gasteiger partial charge in [-0.3, -0.25) is 4.99 Å². The molecule has 9 heteroatoms. The second-order valence-electron chi connectivity index (χ2n) is 6.72. The lowest BCUT2D eigenvalue weighted by Gasteiger charge is -2.40. The summed E-state index contributed by atoms with van der Waals surface area (Å²) in [6.07, 6.45) is -0.323. The molecule has 0 aromatic heterocycles. The predicted octanol–water partition coefficient (Wildman–Crippen LogP) is 0.596. The van der Waals surface area contributed by atoms with Crippen LogP contribution in [0.2, 0.25) is 0 Å². The summed E-state index contributed by atoms with van der Waals surface area (Å²) in [5, 5.41) is 6.28. The van der Waals surface area contributed by atoms with E-state index in [-0.39, 0.29) is 30.2 Å². The van der Waals surface area contributed by atoms with E-state index in [9.17, 15) is 13.2 Å². The Labute approximate surface area is 144 Å². The first-order chi connectivity index (χ1) is 11.1. The van der Waals surface area contributed by atoms with Gasteiger partial charge >= 0.3 is 6.09 Å². The standard InChI is InChI=1S/C15H30N4O4S/c1-6-16-13(17-8-9-24(21,22)7-2)18-12-10-19(11-12)14(20)23-15(3,4)5/h12H,6-11H2,1-5H3,(H2,16,17,18). The van der Waals surface area contributed by atoms with E-state index in [1.165, 1.54) is 0 Å². The molecule has 0 unspecified atom stereocenters. The molecule has 0 aromatic rings. The number of hydrogen-bond donors (Lipinski definition) is 2. The molecule has 24 heavy (non-hydrogen) atoms. The van der Waals surface area contributed by atoms with Gasteiger partial charge in [0, 0.05) is 25.4 Å². The lowest BCUT2D eigenvalue weighted by atomic mass is 10.1. The minimum absolute atomic E-state index is 0.0365. The fraction of sp³-hybridized carbons (Fsp3) is 0.867. The molecule has 1 rings (SSSR count). The molecule has 0 aromatic carbocycles. The summed E-state index contributed by atoms with van der Waals surface area (Å²) in [6, 6.07) is 0.0816. The second-order valence-corrected chi connectivity index (χ2v) is 9.20. The van der Waals surface area contributed by atoms with Crippen LogP contribution in [0.3, 0.4) is 0 Å². The summed E-state index contributed by atoms with van der Waals surface area (Å²) < 4.78 is 28.3. The number of amides is 1. The van der Waals surface area contributed by atoms with Crippen molar-refractivity contribution in [3.8, 4) is 0 Å². The molecule has 1 fully saturated rings. The maximum atomic E-state index is 11.9. The third-order valence-corrected chi connectivity index (χ3v) is 5.01. The van der Waals surface area contributed by atoms with Gasteiger partial charge in [-0.2, -0.15) is 0 Å². The molecule has 1 aliphatic heterocycles. The van der Waals surface area contributed by atoms with Crippen LogP contribution in [0.5, 0.6) is 0 Å². The van der Waals surface area contributed by atoms with Crippen LogP contribution in [0.15, 0.2) is 4.99 Å². The van der Waals surface area contributed by atoms with E-state index in [0.717, 1.165) is 0 Å². The van der Waals surface area contributed by atoms with E-state index in [0.29, 0.717) is 25.6 Å². The van der Waals surface area contributed by atoms with Crippen molar-refractivity contribution in [1.82, 2.24) is 15.5 Å². The van der Waals surface area contributed by atoms with Crippen molar-refractivity contribution in [2.45, 2.75) is 46.3 Å². The number of nitrogens with one attached hydrogen (secondary N) is 2. The number of ether oxygens (including phenoxy) is 1. The minimum atomic E-state index is -3.02. The van der Waals surface area contributed by atoms with E-state index in [1.54, 1.807) is 11.8 Å². The zero-order valence-electron chi connectivity index (χ0n) is 15.3. The SMILES string of the molecule is CCNC(=NCCS(=O)(=O)CC)NC1CN(C(=O)OC(C)(C)C)C1. The number of likely N-dealkylation sites (tertiary alicyclic amines) is 1. The highest BCUT2D eigenvalue weighted by Gasteiger charge is 2.34. The van der Waals surface area contributed by atoms with Gasteiger partial charge in [0.25, 0.3) is 0 Å². The third kappa shape index (κ3) is 7.37.